The minimum absolute atomic E-state index is 1.16. The van der Waals surface area contributed by atoms with E-state index < -0.39 is 0 Å². The molecule has 2 nitrogen and oxygen atoms in total. The van der Waals surface area contributed by atoms with Crippen molar-refractivity contribution in [3.05, 3.63) is 170 Å². The van der Waals surface area contributed by atoms with E-state index in [-0.39, 0.29) is 0 Å². The van der Waals surface area contributed by atoms with Crippen LogP contribution in [0.25, 0.3) is 87.7 Å². The molecule has 0 N–H and O–H groups in total. The molecule has 2 aromatic heterocycles. The molecule has 0 aliphatic rings. The van der Waals surface area contributed by atoms with Gasteiger partial charge in [0.05, 0.1) is 22.1 Å². The van der Waals surface area contributed by atoms with Gasteiger partial charge in [-0.25, -0.2) is 0 Å². The van der Waals surface area contributed by atoms with Crippen LogP contribution in [-0.2, 0) is 0 Å². The van der Waals surface area contributed by atoms with E-state index in [0.717, 1.165) is 11.4 Å². The zero-order valence-electron chi connectivity index (χ0n) is 25.1. The molecule has 2 heteroatoms. The van der Waals surface area contributed by atoms with Crippen LogP contribution in [0.5, 0.6) is 0 Å². The molecule has 0 fully saturated rings. The Morgan fingerprint density at radius 1 is 0.304 bits per heavy atom. The highest BCUT2D eigenvalue weighted by Crippen LogP contribution is 2.48. The van der Waals surface area contributed by atoms with Gasteiger partial charge in [0.25, 0.3) is 0 Å². The lowest BCUT2D eigenvalue weighted by Gasteiger charge is -2.15. The van der Waals surface area contributed by atoms with Crippen LogP contribution >= 0.6 is 0 Å². The van der Waals surface area contributed by atoms with Crippen LogP contribution in [0.1, 0.15) is 0 Å². The Morgan fingerprint density at radius 2 is 0.891 bits per heavy atom. The van der Waals surface area contributed by atoms with E-state index in [1.54, 1.807) is 0 Å². The van der Waals surface area contributed by atoms with Crippen molar-refractivity contribution in [3.8, 4) is 22.5 Å². The number of para-hydroxylation sites is 3. The maximum Gasteiger partial charge on any atom is 0.0627 e. The van der Waals surface area contributed by atoms with Crippen molar-refractivity contribution in [1.29, 1.82) is 0 Å². The monoisotopic (exact) mass is 584 g/mol. The molecule has 10 aromatic rings. The third-order valence-corrected chi connectivity index (χ3v) is 9.66. The lowest BCUT2D eigenvalue weighted by atomic mass is 9.93. The second-order valence-corrected chi connectivity index (χ2v) is 12.1. The number of nitrogens with zero attached hydrogens (tertiary/aromatic N) is 2. The molecule has 0 saturated carbocycles. The highest BCUT2D eigenvalue weighted by molar-refractivity contribution is 6.35. The first kappa shape index (κ1) is 25.2. The van der Waals surface area contributed by atoms with Crippen LogP contribution in [0.4, 0.5) is 0 Å². The minimum Gasteiger partial charge on any atom is -0.309 e. The van der Waals surface area contributed by atoms with Crippen LogP contribution in [0.3, 0.4) is 0 Å². The van der Waals surface area contributed by atoms with Crippen LogP contribution in [0.15, 0.2) is 170 Å². The second kappa shape index (κ2) is 9.69. The normalized spacial score (nSPS) is 11.9. The summed E-state index contributed by atoms with van der Waals surface area (Å²) in [5, 5.41) is 10.1. The Hall–Kier alpha value is -6.12. The van der Waals surface area contributed by atoms with Crippen LogP contribution in [-0.4, -0.2) is 9.13 Å². The fourth-order valence-corrected chi connectivity index (χ4v) is 7.79. The van der Waals surface area contributed by atoms with E-state index in [1.165, 1.54) is 76.3 Å². The predicted molar refractivity (Wildman–Crippen MR) is 196 cm³/mol. The maximum atomic E-state index is 2.48. The molecule has 0 atom stereocenters. The first-order chi connectivity index (χ1) is 22.9. The van der Waals surface area contributed by atoms with Crippen molar-refractivity contribution in [2.75, 3.05) is 0 Å². The van der Waals surface area contributed by atoms with Gasteiger partial charge in [-0.3, -0.25) is 0 Å². The predicted octanol–water partition coefficient (Wildman–Crippen LogP) is 11.9. The Bertz CT molecular complexity index is 2780. The average molecular weight is 585 g/mol. The van der Waals surface area contributed by atoms with Crippen LogP contribution in [0, 0.1) is 0 Å². The smallest absolute Gasteiger partial charge is 0.0627 e. The summed E-state index contributed by atoms with van der Waals surface area (Å²) in [6, 6.07) is 61.9. The summed E-state index contributed by atoms with van der Waals surface area (Å²) >= 11 is 0. The number of hydrogen-bond acceptors (Lipinski definition) is 0. The maximum absolute atomic E-state index is 2.48. The van der Waals surface area contributed by atoms with E-state index in [9.17, 15) is 0 Å². The summed E-state index contributed by atoms with van der Waals surface area (Å²) in [4.78, 5) is 0. The average Bonchev–Trinajstić information content (AvgIpc) is 3.65. The van der Waals surface area contributed by atoms with Gasteiger partial charge >= 0.3 is 0 Å². The van der Waals surface area contributed by atoms with E-state index in [2.05, 4.69) is 179 Å². The van der Waals surface area contributed by atoms with Gasteiger partial charge in [-0.1, -0.05) is 127 Å². The summed E-state index contributed by atoms with van der Waals surface area (Å²) in [6.45, 7) is 0. The molecule has 0 radical (unpaired) electrons. The third-order valence-electron chi connectivity index (χ3n) is 9.66. The second-order valence-electron chi connectivity index (χ2n) is 12.1. The summed E-state index contributed by atoms with van der Waals surface area (Å²) in [5.74, 6) is 0. The molecule has 0 saturated heterocycles. The van der Waals surface area contributed by atoms with Gasteiger partial charge in [0, 0.05) is 38.5 Å². The first-order valence-corrected chi connectivity index (χ1v) is 15.9. The molecule has 0 bridgehead atoms. The Labute approximate surface area is 266 Å². The van der Waals surface area contributed by atoms with Crippen molar-refractivity contribution >= 4 is 65.2 Å². The summed E-state index contributed by atoms with van der Waals surface area (Å²) in [5.41, 5.74) is 9.65. The Balaban J connectivity index is 1.55. The molecule has 214 valence electrons. The van der Waals surface area contributed by atoms with Crippen LogP contribution < -0.4 is 0 Å². The highest BCUT2D eigenvalue weighted by Gasteiger charge is 2.25. The summed E-state index contributed by atoms with van der Waals surface area (Å²) in [7, 11) is 0. The number of hydrogen-bond donors (Lipinski definition) is 0. The van der Waals surface area contributed by atoms with Gasteiger partial charge in [0.2, 0.25) is 0 Å². The van der Waals surface area contributed by atoms with Crippen molar-refractivity contribution in [3.63, 3.8) is 0 Å². The summed E-state index contributed by atoms with van der Waals surface area (Å²) in [6.07, 6.45) is 0. The standard InChI is InChI=1S/C44H28N2/c1-3-17-31(18-4-1)45-39-27-26-30-15-8-10-22-34(30)41(39)43-40(45)28-37(35-24-13-16-29-14-7-9-21-33(29)35)44-42(43)36-23-11-12-25-38(36)46(44)32-19-5-2-6-20-32/h1-28H. The van der Waals surface area contributed by atoms with E-state index in [1.807, 2.05) is 0 Å². The zero-order chi connectivity index (χ0) is 30.2. The fraction of sp³-hybridized carbons (Fsp3) is 0. The van der Waals surface area contributed by atoms with Gasteiger partial charge in [-0.2, -0.15) is 0 Å². The molecule has 0 aliphatic heterocycles. The van der Waals surface area contributed by atoms with Crippen LogP contribution in [0.2, 0.25) is 0 Å². The van der Waals surface area contributed by atoms with Gasteiger partial charge in [0.15, 0.2) is 0 Å². The number of fused-ring (bicyclic) bond motifs is 10. The Morgan fingerprint density at radius 3 is 1.65 bits per heavy atom. The van der Waals surface area contributed by atoms with E-state index >= 15 is 0 Å². The SMILES string of the molecule is c1ccc(-n2c3ccc4ccccc4c3c3c4c5ccccc5n(-c5ccccc5)c4c(-c4cccc5ccccc45)cc32)cc1. The van der Waals surface area contributed by atoms with E-state index in [0.29, 0.717) is 0 Å². The molecule has 0 aliphatic carbocycles. The molecule has 10 rings (SSSR count). The minimum atomic E-state index is 1.16. The number of aromatic nitrogens is 2. The largest absolute Gasteiger partial charge is 0.309 e. The highest BCUT2D eigenvalue weighted by atomic mass is 15.0. The topological polar surface area (TPSA) is 9.86 Å². The number of rotatable bonds is 3. The van der Waals surface area contributed by atoms with Gasteiger partial charge < -0.3 is 9.13 Å². The summed E-state index contributed by atoms with van der Waals surface area (Å²) < 4.78 is 4.96. The molecule has 0 spiro atoms. The van der Waals surface area contributed by atoms with Crippen molar-refractivity contribution in [2.45, 2.75) is 0 Å². The molecule has 0 unspecified atom stereocenters. The molecule has 8 aromatic carbocycles. The Kier molecular flexibility index (Phi) is 5.31. The van der Waals surface area contributed by atoms with Gasteiger partial charge in [0.1, 0.15) is 0 Å². The molecule has 2 heterocycles. The lowest BCUT2D eigenvalue weighted by Crippen LogP contribution is -1.97. The third kappa shape index (κ3) is 3.47. The zero-order valence-corrected chi connectivity index (χ0v) is 25.1. The van der Waals surface area contributed by atoms with Crippen molar-refractivity contribution in [2.24, 2.45) is 0 Å². The van der Waals surface area contributed by atoms with Crippen molar-refractivity contribution < 1.29 is 0 Å². The molecular formula is C44H28N2. The lowest BCUT2D eigenvalue weighted by molar-refractivity contribution is 1.17. The fourth-order valence-electron chi connectivity index (χ4n) is 7.79. The van der Waals surface area contributed by atoms with Gasteiger partial charge in [-0.15, -0.1) is 0 Å². The molecule has 46 heavy (non-hydrogen) atoms. The quantitative estimate of drug-likeness (QED) is 0.195. The van der Waals surface area contributed by atoms with Crippen molar-refractivity contribution in [1.82, 2.24) is 9.13 Å². The van der Waals surface area contributed by atoms with E-state index in [4.69, 9.17) is 0 Å². The van der Waals surface area contributed by atoms with Gasteiger partial charge in [-0.05, 0) is 69.6 Å². The molecular weight excluding hydrogens is 556 g/mol. The molecule has 0 amide bonds. The number of benzene rings is 8. The first-order valence-electron chi connectivity index (χ1n) is 15.9.